The highest BCUT2D eigenvalue weighted by Gasteiger charge is 2.07. The van der Waals surface area contributed by atoms with Crippen molar-refractivity contribution in [1.29, 1.82) is 0 Å². The van der Waals surface area contributed by atoms with E-state index in [1.165, 1.54) is 33.5 Å². The monoisotopic (exact) mass is 200 g/mol. The van der Waals surface area contributed by atoms with E-state index in [4.69, 9.17) is 4.74 Å². The maximum atomic E-state index is 11.0. The number of hydrogen-bond acceptors (Lipinski definition) is 3. The van der Waals surface area contributed by atoms with Gasteiger partial charge in [-0.2, -0.15) is 0 Å². The lowest BCUT2D eigenvalue weighted by molar-refractivity contribution is -0.139. The minimum atomic E-state index is -0.400. The van der Waals surface area contributed by atoms with Crippen LogP contribution in [0.1, 0.15) is 39.0 Å². The van der Waals surface area contributed by atoms with Crippen LogP contribution in [0.15, 0.2) is 11.8 Å². The topological polar surface area (TPSA) is 35.5 Å². The molecule has 0 aromatic heterocycles. The molecule has 0 bridgehead atoms. The fourth-order valence-electron chi connectivity index (χ4n) is 1.15. The first kappa shape index (κ1) is 13.0. The smallest absolute Gasteiger partial charge is 0.372 e. The molecule has 0 aliphatic heterocycles. The summed E-state index contributed by atoms with van der Waals surface area (Å²) >= 11 is 0. The first-order valence-electron chi connectivity index (χ1n) is 5.08. The van der Waals surface area contributed by atoms with E-state index < -0.39 is 5.97 Å². The zero-order valence-electron chi connectivity index (χ0n) is 9.34. The molecule has 0 spiro atoms. The summed E-state index contributed by atoms with van der Waals surface area (Å²) < 4.78 is 9.45. The van der Waals surface area contributed by atoms with Crippen LogP contribution in [-0.4, -0.2) is 20.2 Å². The van der Waals surface area contributed by atoms with E-state index in [9.17, 15) is 4.79 Å². The van der Waals surface area contributed by atoms with Crippen LogP contribution < -0.4 is 0 Å². The first-order chi connectivity index (χ1) is 6.76. The van der Waals surface area contributed by atoms with E-state index in [1.807, 2.05) is 0 Å². The molecule has 0 amide bonds. The number of esters is 1. The molecule has 0 aliphatic carbocycles. The van der Waals surface area contributed by atoms with E-state index in [-0.39, 0.29) is 0 Å². The number of carbonyl (C=O) groups is 1. The lowest BCUT2D eigenvalue weighted by Gasteiger charge is -2.03. The fourth-order valence-corrected chi connectivity index (χ4v) is 1.15. The molecule has 0 heterocycles. The number of hydrogen-bond donors (Lipinski definition) is 0. The van der Waals surface area contributed by atoms with Gasteiger partial charge in [0.1, 0.15) is 0 Å². The zero-order chi connectivity index (χ0) is 10.8. The van der Waals surface area contributed by atoms with Gasteiger partial charge in [-0.15, -0.1) is 0 Å². The van der Waals surface area contributed by atoms with Crippen LogP contribution in [0, 0.1) is 0 Å². The summed E-state index contributed by atoms with van der Waals surface area (Å²) in [5, 5.41) is 0. The summed E-state index contributed by atoms with van der Waals surface area (Å²) in [6, 6.07) is 0. The van der Waals surface area contributed by atoms with Crippen molar-refractivity contribution in [2.75, 3.05) is 14.2 Å². The SMILES string of the molecule is CCCCCC/C=C(/OC)C(=O)OC. The van der Waals surface area contributed by atoms with Crippen molar-refractivity contribution in [3.63, 3.8) is 0 Å². The molecule has 0 fully saturated rings. The lowest BCUT2D eigenvalue weighted by Crippen LogP contribution is -2.06. The maximum absolute atomic E-state index is 11.0. The van der Waals surface area contributed by atoms with Crippen molar-refractivity contribution < 1.29 is 14.3 Å². The lowest BCUT2D eigenvalue weighted by atomic mass is 10.1. The van der Waals surface area contributed by atoms with Gasteiger partial charge in [-0.3, -0.25) is 0 Å². The summed E-state index contributed by atoms with van der Waals surface area (Å²) in [5.74, 6) is -0.0908. The van der Waals surface area contributed by atoms with Crippen molar-refractivity contribution in [1.82, 2.24) is 0 Å². The quantitative estimate of drug-likeness (QED) is 0.274. The average Bonchev–Trinajstić information content (AvgIpc) is 2.22. The Morgan fingerprint density at radius 1 is 1.14 bits per heavy atom. The van der Waals surface area contributed by atoms with Gasteiger partial charge in [0, 0.05) is 0 Å². The third-order valence-corrected chi connectivity index (χ3v) is 1.99. The zero-order valence-corrected chi connectivity index (χ0v) is 9.34. The Kier molecular flexibility index (Phi) is 7.99. The van der Waals surface area contributed by atoms with Crippen molar-refractivity contribution in [3.8, 4) is 0 Å². The van der Waals surface area contributed by atoms with E-state index in [0.717, 1.165) is 12.8 Å². The highest BCUT2D eigenvalue weighted by atomic mass is 16.6. The van der Waals surface area contributed by atoms with Crippen LogP contribution in [0.4, 0.5) is 0 Å². The summed E-state index contributed by atoms with van der Waals surface area (Å²) in [6.45, 7) is 2.17. The summed E-state index contributed by atoms with van der Waals surface area (Å²) in [4.78, 5) is 11.0. The van der Waals surface area contributed by atoms with Crippen LogP contribution in [0.3, 0.4) is 0 Å². The van der Waals surface area contributed by atoms with Crippen molar-refractivity contribution in [2.45, 2.75) is 39.0 Å². The van der Waals surface area contributed by atoms with Crippen molar-refractivity contribution in [2.24, 2.45) is 0 Å². The molecule has 3 heteroatoms. The van der Waals surface area contributed by atoms with E-state index in [1.54, 1.807) is 6.08 Å². The molecule has 0 atom stereocenters. The number of rotatable bonds is 7. The molecular formula is C11H20O3. The van der Waals surface area contributed by atoms with Gasteiger partial charge in [0.25, 0.3) is 0 Å². The Labute approximate surface area is 86.1 Å². The Morgan fingerprint density at radius 2 is 1.86 bits per heavy atom. The Hall–Kier alpha value is -0.990. The third kappa shape index (κ3) is 5.62. The number of ether oxygens (including phenoxy) is 2. The van der Waals surface area contributed by atoms with E-state index in [0.29, 0.717) is 5.76 Å². The molecule has 0 unspecified atom stereocenters. The molecule has 14 heavy (non-hydrogen) atoms. The largest absolute Gasteiger partial charge is 0.490 e. The van der Waals surface area contributed by atoms with Gasteiger partial charge < -0.3 is 9.47 Å². The first-order valence-corrected chi connectivity index (χ1v) is 5.08. The number of carbonyl (C=O) groups excluding carboxylic acids is 1. The summed E-state index contributed by atoms with van der Waals surface area (Å²) in [5.41, 5.74) is 0. The molecule has 0 saturated heterocycles. The van der Waals surface area contributed by atoms with Gasteiger partial charge >= 0.3 is 5.97 Å². The van der Waals surface area contributed by atoms with Gasteiger partial charge in [0.2, 0.25) is 0 Å². The van der Waals surface area contributed by atoms with Crippen LogP contribution >= 0.6 is 0 Å². The molecule has 0 saturated carbocycles. The number of unbranched alkanes of at least 4 members (excludes halogenated alkanes) is 4. The molecule has 0 aliphatic rings. The Morgan fingerprint density at radius 3 is 2.36 bits per heavy atom. The van der Waals surface area contributed by atoms with Gasteiger partial charge in [-0.25, -0.2) is 4.79 Å². The second kappa shape index (κ2) is 8.60. The molecule has 0 rings (SSSR count). The van der Waals surface area contributed by atoms with Gasteiger partial charge in [0.15, 0.2) is 5.76 Å². The normalized spacial score (nSPS) is 11.2. The molecule has 0 N–H and O–H groups in total. The number of methoxy groups -OCH3 is 2. The predicted molar refractivity (Wildman–Crippen MR) is 55.9 cm³/mol. The van der Waals surface area contributed by atoms with Gasteiger partial charge in [0.05, 0.1) is 14.2 Å². The second-order valence-electron chi connectivity index (χ2n) is 3.11. The molecule has 0 aromatic rings. The predicted octanol–water partition coefficient (Wildman–Crippen LogP) is 2.66. The highest BCUT2D eigenvalue weighted by Crippen LogP contribution is 2.06. The number of allylic oxidation sites excluding steroid dienone is 1. The Balaban J connectivity index is 3.76. The van der Waals surface area contributed by atoms with E-state index in [2.05, 4.69) is 11.7 Å². The minimum Gasteiger partial charge on any atom is -0.490 e. The Bertz CT molecular complexity index is 185. The summed E-state index contributed by atoms with van der Waals surface area (Å²) in [7, 11) is 2.83. The van der Waals surface area contributed by atoms with Crippen LogP contribution in [0.5, 0.6) is 0 Å². The third-order valence-electron chi connectivity index (χ3n) is 1.99. The average molecular weight is 200 g/mol. The highest BCUT2D eigenvalue weighted by molar-refractivity contribution is 5.85. The van der Waals surface area contributed by atoms with E-state index >= 15 is 0 Å². The van der Waals surface area contributed by atoms with Crippen molar-refractivity contribution in [3.05, 3.63) is 11.8 Å². The van der Waals surface area contributed by atoms with Gasteiger partial charge in [-0.1, -0.05) is 26.2 Å². The van der Waals surface area contributed by atoms with Crippen LogP contribution in [0.2, 0.25) is 0 Å². The minimum absolute atomic E-state index is 0.309. The fraction of sp³-hybridized carbons (Fsp3) is 0.727. The summed E-state index contributed by atoms with van der Waals surface area (Å²) in [6.07, 6.45) is 7.43. The van der Waals surface area contributed by atoms with Crippen LogP contribution in [0.25, 0.3) is 0 Å². The molecular weight excluding hydrogens is 180 g/mol. The molecule has 0 radical (unpaired) electrons. The molecule has 82 valence electrons. The van der Waals surface area contributed by atoms with Gasteiger partial charge in [-0.05, 0) is 18.9 Å². The second-order valence-corrected chi connectivity index (χ2v) is 3.11. The standard InChI is InChI=1S/C11H20O3/c1-4-5-6-7-8-9-10(13-2)11(12)14-3/h9H,4-8H2,1-3H3/b10-9+. The van der Waals surface area contributed by atoms with Crippen LogP contribution in [-0.2, 0) is 14.3 Å². The maximum Gasteiger partial charge on any atom is 0.372 e. The molecule has 3 nitrogen and oxygen atoms in total. The van der Waals surface area contributed by atoms with Crippen molar-refractivity contribution >= 4 is 5.97 Å². The molecule has 0 aromatic carbocycles.